The quantitative estimate of drug-likeness (QED) is 0.0293. The number of fused-ring (bicyclic) bond motifs is 6. The fraction of sp³-hybridized carbons (Fsp3) is 0.0182. The third-order valence-electron chi connectivity index (χ3n) is 10.6. The van der Waals surface area contributed by atoms with Gasteiger partial charge in [0, 0.05) is 86.2 Å². The van der Waals surface area contributed by atoms with Crippen molar-refractivity contribution in [3.05, 3.63) is 212 Å². The standard InChI is InChI=1S/C10H9NO2.3C9H6ClNO.C9H8N2O2.C9H7NO2/c1-6-4-10(13)11-9-3-2-7(12)5-8(6)9;10-9-4-1-6-5-7(12)2-3-8(6)11-9;10-8-3-4-11-9-2-1-6(12)5-7(8)9;10-8-5-7(12)4-6-2-1-3-11-9(6)8;10-6-4-7(12)9(13)5-2-1-3-11-8(5)6;11-7-2-3-8-6(5-7)1-4-9(12)10-8/h2-5,12H,1H3,(H,11,13);3*1-5,12H;1-4,12-13H,10H2;1-5,11H,(H,10,12). The molecule has 12 aromatic rings. The summed E-state index contributed by atoms with van der Waals surface area (Å²) in [5, 5.41) is 70.7. The maximum atomic E-state index is 11.1. The second-order valence-corrected chi connectivity index (χ2v) is 17.1. The fourth-order valence-corrected chi connectivity index (χ4v) is 7.75. The van der Waals surface area contributed by atoms with Gasteiger partial charge >= 0.3 is 0 Å². The number of nitrogens with one attached hydrogen (secondary N) is 2. The van der Waals surface area contributed by atoms with Crippen molar-refractivity contribution in [1.82, 2.24) is 29.9 Å². The number of aromatic amines is 2. The molecule has 0 bridgehead atoms. The highest BCUT2D eigenvalue weighted by molar-refractivity contribution is 6.35. The summed E-state index contributed by atoms with van der Waals surface area (Å²) in [5.74, 6) is 0.622. The van der Waals surface area contributed by atoms with E-state index in [9.17, 15) is 30.0 Å². The third-order valence-corrected chi connectivity index (χ3v) is 11.4. The monoisotopic (exact) mass is 1050 g/mol. The number of phenols is 7. The number of phenolic OH excluding ortho intramolecular Hbond substituents is 7. The molecule has 11 N–H and O–H groups in total. The second-order valence-electron chi connectivity index (χ2n) is 15.9. The van der Waals surface area contributed by atoms with E-state index in [4.69, 9.17) is 55.9 Å². The van der Waals surface area contributed by atoms with Gasteiger partial charge in [0.1, 0.15) is 33.9 Å². The van der Waals surface area contributed by atoms with Crippen LogP contribution in [0.25, 0.3) is 65.4 Å². The molecule has 19 heteroatoms. The summed E-state index contributed by atoms with van der Waals surface area (Å²) < 4.78 is 0. The Morgan fingerprint density at radius 3 is 1.80 bits per heavy atom. The minimum Gasteiger partial charge on any atom is -0.508 e. The number of pyridine rings is 6. The van der Waals surface area contributed by atoms with E-state index in [2.05, 4.69) is 29.9 Å². The lowest BCUT2D eigenvalue weighted by Gasteiger charge is -2.04. The number of aryl methyl sites for hydroxylation is 1. The maximum Gasteiger partial charge on any atom is 0.248 e. The number of rotatable bonds is 0. The van der Waals surface area contributed by atoms with Crippen molar-refractivity contribution >= 4 is 106 Å². The van der Waals surface area contributed by atoms with Gasteiger partial charge in [-0.05, 0) is 134 Å². The van der Waals surface area contributed by atoms with E-state index < -0.39 is 0 Å². The summed E-state index contributed by atoms with van der Waals surface area (Å²) in [7, 11) is 0. The zero-order chi connectivity index (χ0) is 53.1. The molecule has 0 saturated heterocycles. The molecular weight excluding hydrogens is 1010 g/mol. The van der Waals surface area contributed by atoms with Crippen LogP contribution in [0, 0.1) is 6.92 Å². The van der Waals surface area contributed by atoms with Crippen LogP contribution < -0.4 is 16.9 Å². The number of nitrogen functional groups attached to an aromatic ring is 1. The fourth-order valence-electron chi connectivity index (χ4n) is 7.12. The summed E-state index contributed by atoms with van der Waals surface area (Å²) >= 11 is 17.4. The summed E-state index contributed by atoms with van der Waals surface area (Å²) in [4.78, 5) is 43.5. The lowest BCUT2D eigenvalue weighted by atomic mass is 10.1. The number of anilines is 1. The van der Waals surface area contributed by atoms with E-state index >= 15 is 0 Å². The number of nitrogens with two attached hydrogens (primary N) is 1. The third kappa shape index (κ3) is 13.5. The van der Waals surface area contributed by atoms with Gasteiger partial charge in [-0.25, -0.2) is 4.98 Å². The Hall–Kier alpha value is -9.35. The van der Waals surface area contributed by atoms with Gasteiger partial charge in [0.25, 0.3) is 0 Å². The Labute approximate surface area is 434 Å². The molecule has 0 unspecified atom stereocenters. The molecule has 6 aromatic heterocycles. The van der Waals surface area contributed by atoms with Gasteiger partial charge in [-0.1, -0.05) is 40.9 Å². The van der Waals surface area contributed by atoms with E-state index in [1.807, 2.05) is 19.1 Å². The van der Waals surface area contributed by atoms with Gasteiger partial charge in [0.15, 0.2) is 11.5 Å². The molecule has 0 aliphatic carbocycles. The average molecular weight is 1050 g/mol. The molecule has 0 spiro atoms. The molecule has 0 amide bonds. The average Bonchev–Trinajstić information content (AvgIpc) is 3.37. The summed E-state index contributed by atoms with van der Waals surface area (Å²) in [6.07, 6.45) is 4.89. The van der Waals surface area contributed by atoms with Gasteiger partial charge in [0.05, 0.1) is 37.8 Å². The van der Waals surface area contributed by atoms with Crippen LogP contribution in [0.3, 0.4) is 0 Å². The molecule has 0 saturated carbocycles. The first kappa shape index (κ1) is 52.5. The number of hydrogen-bond donors (Lipinski definition) is 10. The molecule has 0 fully saturated rings. The van der Waals surface area contributed by atoms with Crippen LogP contribution >= 0.6 is 34.8 Å². The Morgan fingerprint density at radius 2 is 1.05 bits per heavy atom. The number of aromatic nitrogens is 6. The Balaban J connectivity index is 0.000000130. The normalized spacial score (nSPS) is 10.4. The SMILES string of the molecule is Cc1cc(=O)[nH]c2ccc(O)cc12.Nc1cc(O)c(O)c2cccnc12.O=c1ccc2cc(O)ccc2[nH]1.Oc1cc(Cl)c2ncccc2c1.Oc1ccc2nc(Cl)ccc2c1.Oc1ccc2nccc(Cl)c2c1. The van der Waals surface area contributed by atoms with E-state index in [1.165, 1.54) is 30.3 Å². The molecule has 0 aliphatic heterocycles. The first-order valence-electron chi connectivity index (χ1n) is 21.8. The summed E-state index contributed by atoms with van der Waals surface area (Å²) in [6, 6.07) is 40.8. The molecule has 12 rings (SSSR count). The van der Waals surface area contributed by atoms with E-state index in [0.29, 0.717) is 31.8 Å². The number of benzene rings is 6. The molecule has 16 nitrogen and oxygen atoms in total. The minimum atomic E-state index is -0.224. The number of halogens is 3. The number of H-pyrrole nitrogens is 2. The predicted molar refractivity (Wildman–Crippen MR) is 292 cm³/mol. The van der Waals surface area contributed by atoms with Gasteiger partial charge < -0.3 is 51.4 Å². The zero-order valence-electron chi connectivity index (χ0n) is 38.6. The van der Waals surface area contributed by atoms with Crippen molar-refractivity contribution in [1.29, 1.82) is 0 Å². The van der Waals surface area contributed by atoms with Crippen molar-refractivity contribution < 1.29 is 35.7 Å². The minimum absolute atomic E-state index is 0.115. The first-order valence-corrected chi connectivity index (χ1v) is 23.0. The molecule has 74 heavy (non-hydrogen) atoms. The smallest absolute Gasteiger partial charge is 0.248 e. The summed E-state index contributed by atoms with van der Waals surface area (Å²) in [6.45, 7) is 1.84. The van der Waals surface area contributed by atoms with E-state index in [1.54, 1.807) is 128 Å². The highest BCUT2D eigenvalue weighted by Crippen LogP contribution is 2.36. The van der Waals surface area contributed by atoms with Crippen molar-refractivity contribution in [2.75, 3.05) is 5.73 Å². The van der Waals surface area contributed by atoms with Gasteiger partial charge in [-0.2, -0.15) is 0 Å². The number of hydrogen-bond acceptors (Lipinski definition) is 14. The first-order chi connectivity index (χ1) is 35.4. The van der Waals surface area contributed by atoms with Gasteiger partial charge in [-0.15, -0.1) is 0 Å². The summed E-state index contributed by atoms with van der Waals surface area (Å²) in [5.41, 5.74) is 10.9. The van der Waals surface area contributed by atoms with E-state index in [-0.39, 0.29) is 51.4 Å². The van der Waals surface area contributed by atoms with Crippen molar-refractivity contribution in [2.24, 2.45) is 0 Å². The van der Waals surface area contributed by atoms with Crippen molar-refractivity contribution in [3.63, 3.8) is 0 Å². The maximum absolute atomic E-state index is 11.1. The van der Waals surface area contributed by atoms with Gasteiger partial charge in [0.2, 0.25) is 11.1 Å². The highest BCUT2D eigenvalue weighted by atomic mass is 35.5. The molecule has 372 valence electrons. The van der Waals surface area contributed by atoms with Gasteiger partial charge in [-0.3, -0.25) is 24.5 Å². The molecule has 0 radical (unpaired) electrons. The van der Waals surface area contributed by atoms with Crippen molar-refractivity contribution in [2.45, 2.75) is 6.92 Å². The largest absolute Gasteiger partial charge is 0.508 e. The Bertz CT molecular complexity index is 4060. The van der Waals surface area contributed by atoms with Crippen LogP contribution in [-0.2, 0) is 0 Å². The van der Waals surface area contributed by atoms with Crippen LogP contribution in [0.5, 0.6) is 40.2 Å². The van der Waals surface area contributed by atoms with Crippen LogP contribution in [0.2, 0.25) is 15.2 Å². The topological polar surface area (TPSA) is 285 Å². The molecule has 6 aromatic carbocycles. The second kappa shape index (κ2) is 23.7. The lowest BCUT2D eigenvalue weighted by molar-refractivity contribution is 0.408. The number of aromatic hydroxyl groups is 7. The van der Waals surface area contributed by atoms with Crippen LogP contribution in [0.1, 0.15) is 5.56 Å². The zero-order valence-corrected chi connectivity index (χ0v) is 40.9. The Morgan fingerprint density at radius 1 is 0.459 bits per heavy atom. The molecule has 0 atom stereocenters. The predicted octanol–water partition coefficient (Wildman–Crippen LogP) is 11.8. The molecule has 0 aliphatic rings. The Kier molecular flexibility index (Phi) is 16.8. The van der Waals surface area contributed by atoms with Crippen LogP contribution in [-0.4, -0.2) is 65.6 Å². The molecular formula is C55H42Cl3N7O9. The lowest BCUT2D eigenvalue weighted by Crippen LogP contribution is -2.04. The van der Waals surface area contributed by atoms with Crippen LogP contribution in [0.4, 0.5) is 5.69 Å². The highest BCUT2D eigenvalue weighted by Gasteiger charge is 2.09. The number of nitrogens with zero attached hydrogens (tertiary/aromatic N) is 4. The molecule has 6 heterocycles. The van der Waals surface area contributed by atoms with Crippen molar-refractivity contribution in [3.8, 4) is 40.2 Å². The van der Waals surface area contributed by atoms with Crippen LogP contribution in [0.15, 0.2) is 180 Å². The van der Waals surface area contributed by atoms with E-state index in [0.717, 1.165) is 60.1 Å².